The van der Waals surface area contributed by atoms with Gasteiger partial charge in [0.05, 0.1) is 24.0 Å². The minimum atomic E-state index is -0.0598. The van der Waals surface area contributed by atoms with E-state index in [2.05, 4.69) is 5.32 Å². The topological polar surface area (TPSA) is 71.8 Å². The molecule has 0 radical (unpaired) electrons. The standard InChI is InChI=1S/C21H25ClN2O4/c1-14-17(9-11-28-14)21(26)24-10-3-4-15(13-24)5-8-20(25)23-16-6-7-19(27-2)18(22)12-16/h6-7,9,11-12,15H,3-5,8,10,13H2,1-2H3,(H,23,25). The molecule has 1 aromatic heterocycles. The van der Waals surface area contributed by atoms with Crippen LogP contribution in [0.25, 0.3) is 0 Å². The van der Waals surface area contributed by atoms with E-state index >= 15 is 0 Å². The summed E-state index contributed by atoms with van der Waals surface area (Å²) in [5, 5.41) is 3.32. The number of amides is 2. The highest BCUT2D eigenvalue weighted by Gasteiger charge is 2.26. The lowest BCUT2D eigenvalue weighted by Crippen LogP contribution is -2.40. The number of methoxy groups -OCH3 is 1. The first-order valence-corrected chi connectivity index (χ1v) is 9.82. The van der Waals surface area contributed by atoms with Gasteiger partial charge in [0.25, 0.3) is 5.91 Å². The molecule has 150 valence electrons. The third-order valence-corrected chi connectivity index (χ3v) is 5.41. The zero-order valence-electron chi connectivity index (χ0n) is 16.2. The molecule has 1 aliphatic rings. The first-order valence-electron chi connectivity index (χ1n) is 9.44. The number of anilines is 1. The van der Waals surface area contributed by atoms with E-state index in [1.807, 2.05) is 4.90 Å². The van der Waals surface area contributed by atoms with Gasteiger partial charge < -0.3 is 19.4 Å². The number of benzene rings is 1. The summed E-state index contributed by atoms with van der Waals surface area (Å²) >= 11 is 6.09. The molecule has 1 unspecified atom stereocenters. The van der Waals surface area contributed by atoms with E-state index in [1.54, 1.807) is 44.6 Å². The number of carbonyl (C=O) groups is 2. The van der Waals surface area contributed by atoms with Crippen LogP contribution in [0.2, 0.25) is 5.02 Å². The second-order valence-corrected chi connectivity index (χ2v) is 7.49. The van der Waals surface area contributed by atoms with Crippen LogP contribution in [0.15, 0.2) is 34.9 Å². The molecule has 7 heteroatoms. The molecule has 2 amide bonds. The third kappa shape index (κ3) is 4.87. The second kappa shape index (κ2) is 9.15. The van der Waals surface area contributed by atoms with Crippen LogP contribution in [0.3, 0.4) is 0 Å². The Bertz CT molecular complexity index is 849. The molecule has 1 fully saturated rings. The molecule has 2 aromatic rings. The van der Waals surface area contributed by atoms with Crippen LogP contribution >= 0.6 is 11.6 Å². The Morgan fingerprint density at radius 1 is 1.36 bits per heavy atom. The molecular weight excluding hydrogens is 380 g/mol. The van der Waals surface area contributed by atoms with Gasteiger partial charge in [-0.2, -0.15) is 0 Å². The zero-order valence-corrected chi connectivity index (χ0v) is 16.9. The van der Waals surface area contributed by atoms with Gasteiger partial charge in [-0.1, -0.05) is 11.6 Å². The summed E-state index contributed by atoms with van der Waals surface area (Å²) in [4.78, 5) is 26.8. The highest BCUT2D eigenvalue weighted by atomic mass is 35.5. The second-order valence-electron chi connectivity index (χ2n) is 7.09. The summed E-state index contributed by atoms with van der Waals surface area (Å²) < 4.78 is 10.4. The average molecular weight is 405 g/mol. The van der Waals surface area contributed by atoms with Gasteiger partial charge >= 0.3 is 0 Å². The Balaban J connectivity index is 1.50. The maximum atomic E-state index is 12.7. The molecule has 1 N–H and O–H groups in total. The molecule has 0 bridgehead atoms. The molecule has 1 saturated heterocycles. The lowest BCUT2D eigenvalue weighted by molar-refractivity contribution is -0.116. The van der Waals surface area contributed by atoms with Crippen molar-refractivity contribution in [3.8, 4) is 5.75 Å². The van der Waals surface area contributed by atoms with E-state index in [4.69, 9.17) is 20.8 Å². The number of piperidine rings is 1. The Labute approximate surface area is 169 Å². The lowest BCUT2D eigenvalue weighted by Gasteiger charge is -2.32. The fraction of sp³-hybridized carbons (Fsp3) is 0.429. The first kappa shape index (κ1) is 20.3. The van der Waals surface area contributed by atoms with Gasteiger partial charge in [-0.15, -0.1) is 0 Å². The van der Waals surface area contributed by atoms with Crippen molar-refractivity contribution in [3.63, 3.8) is 0 Å². The number of rotatable bonds is 6. The summed E-state index contributed by atoms with van der Waals surface area (Å²) in [5.74, 6) is 1.47. The van der Waals surface area contributed by atoms with Crippen molar-refractivity contribution in [2.45, 2.75) is 32.6 Å². The Hall–Kier alpha value is -2.47. The Kier molecular flexibility index (Phi) is 6.62. The van der Waals surface area contributed by atoms with Gasteiger partial charge in [0.15, 0.2) is 0 Å². The van der Waals surface area contributed by atoms with Crippen LogP contribution in [-0.2, 0) is 4.79 Å². The predicted molar refractivity (Wildman–Crippen MR) is 108 cm³/mol. The van der Waals surface area contributed by atoms with E-state index in [0.717, 1.165) is 25.8 Å². The Morgan fingerprint density at radius 2 is 2.18 bits per heavy atom. The van der Waals surface area contributed by atoms with Crippen LogP contribution in [-0.4, -0.2) is 36.9 Å². The van der Waals surface area contributed by atoms with Crippen molar-refractivity contribution in [3.05, 3.63) is 46.9 Å². The van der Waals surface area contributed by atoms with E-state index < -0.39 is 0 Å². The molecule has 2 heterocycles. The maximum Gasteiger partial charge on any atom is 0.257 e. The minimum absolute atomic E-state index is 0.00766. The van der Waals surface area contributed by atoms with Crippen LogP contribution in [0.1, 0.15) is 41.8 Å². The molecule has 1 aromatic carbocycles. The number of furan rings is 1. The number of hydrogen-bond acceptors (Lipinski definition) is 4. The van der Waals surface area contributed by atoms with Crippen LogP contribution < -0.4 is 10.1 Å². The predicted octanol–water partition coefficient (Wildman–Crippen LogP) is 4.52. The number of halogens is 1. The number of carbonyl (C=O) groups excluding carboxylic acids is 2. The average Bonchev–Trinajstić information content (AvgIpc) is 3.12. The molecule has 1 aliphatic heterocycles. The largest absolute Gasteiger partial charge is 0.495 e. The summed E-state index contributed by atoms with van der Waals surface area (Å²) in [7, 11) is 1.55. The van der Waals surface area contributed by atoms with E-state index in [1.165, 1.54) is 0 Å². The van der Waals surface area contributed by atoms with E-state index in [-0.39, 0.29) is 11.8 Å². The van der Waals surface area contributed by atoms with Crippen LogP contribution in [0.4, 0.5) is 5.69 Å². The van der Waals surface area contributed by atoms with Crippen molar-refractivity contribution in [1.29, 1.82) is 0 Å². The number of aryl methyl sites for hydroxylation is 1. The quantitative estimate of drug-likeness (QED) is 0.768. The van der Waals surface area contributed by atoms with Crippen LogP contribution in [0, 0.1) is 12.8 Å². The monoisotopic (exact) mass is 404 g/mol. The molecule has 0 saturated carbocycles. The fourth-order valence-electron chi connectivity index (χ4n) is 3.57. The van der Waals surface area contributed by atoms with E-state index in [9.17, 15) is 9.59 Å². The lowest BCUT2D eigenvalue weighted by atomic mass is 9.93. The maximum absolute atomic E-state index is 12.7. The van der Waals surface area contributed by atoms with Gasteiger partial charge in [0.2, 0.25) is 5.91 Å². The number of hydrogen-bond donors (Lipinski definition) is 1. The SMILES string of the molecule is COc1ccc(NC(=O)CCC2CCCN(C(=O)c3ccoc3C)C2)cc1Cl. The summed E-state index contributed by atoms with van der Waals surface area (Å²) in [6.07, 6.45) is 4.66. The number of ether oxygens (including phenoxy) is 1. The Morgan fingerprint density at radius 3 is 2.86 bits per heavy atom. The van der Waals surface area contributed by atoms with Crippen molar-refractivity contribution >= 4 is 29.1 Å². The minimum Gasteiger partial charge on any atom is -0.495 e. The third-order valence-electron chi connectivity index (χ3n) is 5.11. The highest BCUT2D eigenvalue weighted by Crippen LogP contribution is 2.28. The summed E-state index contributed by atoms with van der Waals surface area (Å²) in [6, 6.07) is 6.87. The van der Waals surface area contributed by atoms with Gasteiger partial charge in [0, 0.05) is 25.2 Å². The first-order chi connectivity index (χ1) is 13.5. The molecule has 3 rings (SSSR count). The van der Waals surface area contributed by atoms with Crippen molar-refractivity contribution in [2.24, 2.45) is 5.92 Å². The molecular formula is C21H25ClN2O4. The van der Waals surface area contributed by atoms with Gasteiger partial charge in [-0.3, -0.25) is 9.59 Å². The number of nitrogens with zero attached hydrogens (tertiary/aromatic N) is 1. The number of likely N-dealkylation sites (tertiary alicyclic amines) is 1. The summed E-state index contributed by atoms with van der Waals surface area (Å²) in [5.41, 5.74) is 1.27. The van der Waals surface area contributed by atoms with Crippen molar-refractivity contribution in [1.82, 2.24) is 4.90 Å². The van der Waals surface area contributed by atoms with Gasteiger partial charge in [-0.05, 0) is 56.4 Å². The highest BCUT2D eigenvalue weighted by molar-refractivity contribution is 6.32. The molecule has 28 heavy (non-hydrogen) atoms. The smallest absolute Gasteiger partial charge is 0.257 e. The molecule has 1 atom stereocenters. The van der Waals surface area contributed by atoms with Gasteiger partial charge in [-0.25, -0.2) is 0 Å². The zero-order chi connectivity index (χ0) is 20.1. The van der Waals surface area contributed by atoms with Crippen molar-refractivity contribution < 1.29 is 18.7 Å². The fourth-order valence-corrected chi connectivity index (χ4v) is 3.82. The van der Waals surface area contributed by atoms with Crippen LogP contribution in [0.5, 0.6) is 5.75 Å². The van der Waals surface area contributed by atoms with Crippen molar-refractivity contribution in [2.75, 3.05) is 25.5 Å². The molecule has 0 aliphatic carbocycles. The normalized spacial score (nSPS) is 16.7. The molecule has 6 nitrogen and oxygen atoms in total. The van der Waals surface area contributed by atoms with Gasteiger partial charge in [0.1, 0.15) is 11.5 Å². The molecule has 0 spiro atoms. The van der Waals surface area contributed by atoms with E-state index in [0.29, 0.717) is 46.7 Å². The summed E-state index contributed by atoms with van der Waals surface area (Å²) in [6.45, 7) is 3.21. The number of nitrogens with one attached hydrogen (secondary N) is 1.